The summed E-state index contributed by atoms with van der Waals surface area (Å²) in [7, 11) is 1.58. The number of carbonyl (C=O) groups excluding carboxylic acids is 1. The maximum atomic E-state index is 14.0. The lowest BCUT2D eigenvalue weighted by Crippen LogP contribution is -2.39. The van der Waals surface area contributed by atoms with Gasteiger partial charge in [-0.25, -0.2) is 14.6 Å². The predicted octanol–water partition coefficient (Wildman–Crippen LogP) is 3.91. The van der Waals surface area contributed by atoms with Crippen molar-refractivity contribution < 1.29 is 24.2 Å². The fourth-order valence-corrected chi connectivity index (χ4v) is 6.18. The first-order valence-corrected chi connectivity index (χ1v) is 13.8. The molecule has 0 bridgehead atoms. The molecule has 210 valence electrons. The SMILES string of the molecule is CCOC(=O)C1=C(C)N=c2s/c(=C\c3cc(C)n(-c4cccc(C(=O)O)c4)c3C)c(=O)n2[C@H]1c1ccc(OC)cc1. The Labute approximate surface area is 239 Å². The minimum absolute atomic E-state index is 0.191. The van der Waals surface area contributed by atoms with Crippen molar-refractivity contribution in [1.82, 2.24) is 9.13 Å². The predicted molar refractivity (Wildman–Crippen MR) is 156 cm³/mol. The third kappa shape index (κ3) is 5.02. The molecule has 4 aromatic rings. The lowest BCUT2D eigenvalue weighted by atomic mass is 9.96. The number of fused-ring (bicyclic) bond motifs is 1. The van der Waals surface area contributed by atoms with E-state index in [2.05, 4.69) is 4.99 Å². The molecule has 1 N–H and O–H groups in total. The first-order valence-electron chi connectivity index (χ1n) is 13.0. The number of carboxylic acid groups (broad SMARTS) is 1. The number of methoxy groups -OCH3 is 1. The van der Waals surface area contributed by atoms with Gasteiger partial charge in [0, 0.05) is 17.1 Å². The van der Waals surface area contributed by atoms with Crippen molar-refractivity contribution in [3.63, 3.8) is 0 Å². The highest BCUT2D eigenvalue weighted by molar-refractivity contribution is 7.07. The Balaban J connectivity index is 1.67. The van der Waals surface area contributed by atoms with Crippen molar-refractivity contribution >= 4 is 29.4 Å². The van der Waals surface area contributed by atoms with Gasteiger partial charge in [0.1, 0.15) is 5.75 Å². The minimum Gasteiger partial charge on any atom is -0.497 e. The summed E-state index contributed by atoms with van der Waals surface area (Å²) < 4.78 is 14.6. The Bertz CT molecular complexity index is 1890. The number of hydrogen-bond donors (Lipinski definition) is 1. The number of rotatable bonds is 7. The summed E-state index contributed by atoms with van der Waals surface area (Å²) in [6, 6.07) is 15.2. The van der Waals surface area contributed by atoms with E-state index in [0.717, 1.165) is 28.2 Å². The lowest BCUT2D eigenvalue weighted by molar-refractivity contribution is -0.139. The summed E-state index contributed by atoms with van der Waals surface area (Å²) in [5.74, 6) is -0.862. The average Bonchev–Trinajstić information content (AvgIpc) is 3.41. The summed E-state index contributed by atoms with van der Waals surface area (Å²) in [5.41, 5.74) is 4.73. The number of benzene rings is 2. The number of nitrogens with zero attached hydrogens (tertiary/aromatic N) is 3. The number of aromatic carboxylic acids is 1. The molecule has 9 nitrogen and oxygen atoms in total. The summed E-state index contributed by atoms with van der Waals surface area (Å²) in [5, 5.41) is 9.44. The molecule has 41 heavy (non-hydrogen) atoms. The van der Waals surface area contributed by atoms with Crippen LogP contribution in [0.4, 0.5) is 0 Å². The monoisotopic (exact) mass is 571 g/mol. The van der Waals surface area contributed by atoms with Crippen LogP contribution in [0, 0.1) is 13.8 Å². The van der Waals surface area contributed by atoms with E-state index < -0.39 is 18.0 Å². The molecule has 5 rings (SSSR count). The van der Waals surface area contributed by atoms with Gasteiger partial charge in [0.2, 0.25) is 0 Å². The number of carbonyl (C=O) groups is 2. The molecule has 0 unspecified atom stereocenters. The highest BCUT2D eigenvalue weighted by Gasteiger charge is 2.33. The number of esters is 1. The Kier molecular flexibility index (Phi) is 7.51. The van der Waals surface area contributed by atoms with Gasteiger partial charge in [0.25, 0.3) is 5.56 Å². The summed E-state index contributed by atoms with van der Waals surface area (Å²) in [4.78, 5) is 43.7. The number of thiazole rings is 1. The van der Waals surface area contributed by atoms with Crippen LogP contribution in [0.2, 0.25) is 0 Å². The zero-order valence-corrected chi connectivity index (χ0v) is 24.1. The van der Waals surface area contributed by atoms with E-state index in [4.69, 9.17) is 9.47 Å². The van der Waals surface area contributed by atoms with Crippen LogP contribution in [0.25, 0.3) is 11.8 Å². The molecule has 0 spiro atoms. The second kappa shape index (κ2) is 11.1. The molecule has 1 atom stereocenters. The van der Waals surface area contributed by atoms with Crippen molar-refractivity contribution in [3.8, 4) is 11.4 Å². The third-order valence-electron chi connectivity index (χ3n) is 7.06. The Morgan fingerprint density at radius 3 is 2.49 bits per heavy atom. The maximum Gasteiger partial charge on any atom is 0.338 e. The topological polar surface area (TPSA) is 112 Å². The smallest absolute Gasteiger partial charge is 0.338 e. The number of aryl methyl sites for hydroxylation is 1. The van der Waals surface area contributed by atoms with Gasteiger partial charge in [-0.1, -0.05) is 29.5 Å². The molecule has 3 heterocycles. The molecule has 0 radical (unpaired) electrons. The van der Waals surface area contributed by atoms with Crippen LogP contribution in [-0.4, -0.2) is 39.9 Å². The molecular weight excluding hydrogens is 542 g/mol. The quantitative estimate of drug-likeness (QED) is 0.337. The van der Waals surface area contributed by atoms with Crippen LogP contribution in [-0.2, 0) is 9.53 Å². The van der Waals surface area contributed by atoms with E-state index in [1.165, 1.54) is 11.3 Å². The average molecular weight is 572 g/mol. The zero-order chi connectivity index (χ0) is 29.4. The van der Waals surface area contributed by atoms with Crippen LogP contribution in [0.1, 0.15) is 52.8 Å². The third-order valence-corrected chi connectivity index (χ3v) is 8.04. The van der Waals surface area contributed by atoms with Crippen LogP contribution in [0.3, 0.4) is 0 Å². The zero-order valence-electron chi connectivity index (χ0n) is 23.3. The molecular formula is C31H29N3O6S. The first kappa shape index (κ1) is 27.9. The fraction of sp³-hybridized carbons (Fsp3) is 0.226. The largest absolute Gasteiger partial charge is 0.497 e. The van der Waals surface area contributed by atoms with Gasteiger partial charge in [0.05, 0.1) is 41.1 Å². The fourth-order valence-electron chi connectivity index (χ4n) is 5.14. The van der Waals surface area contributed by atoms with Gasteiger partial charge in [-0.3, -0.25) is 9.36 Å². The van der Waals surface area contributed by atoms with E-state index in [1.807, 2.05) is 48.8 Å². The maximum absolute atomic E-state index is 14.0. The van der Waals surface area contributed by atoms with Crippen LogP contribution < -0.4 is 19.6 Å². The van der Waals surface area contributed by atoms with Crippen molar-refractivity contribution in [2.45, 2.75) is 33.7 Å². The van der Waals surface area contributed by atoms with E-state index in [1.54, 1.807) is 55.9 Å². The second-order valence-electron chi connectivity index (χ2n) is 9.59. The first-order chi connectivity index (χ1) is 19.6. The van der Waals surface area contributed by atoms with E-state index in [-0.39, 0.29) is 17.7 Å². The summed E-state index contributed by atoms with van der Waals surface area (Å²) in [6.07, 6.45) is 1.82. The van der Waals surface area contributed by atoms with Gasteiger partial charge in [-0.05, 0) is 81.3 Å². The molecule has 1 aliphatic rings. The Morgan fingerprint density at radius 1 is 1.10 bits per heavy atom. The van der Waals surface area contributed by atoms with E-state index >= 15 is 0 Å². The van der Waals surface area contributed by atoms with Gasteiger partial charge in [0.15, 0.2) is 4.80 Å². The van der Waals surface area contributed by atoms with Crippen molar-refractivity contribution in [2.75, 3.05) is 13.7 Å². The molecule has 10 heteroatoms. The molecule has 2 aromatic heterocycles. The number of ether oxygens (including phenoxy) is 2. The molecule has 2 aromatic carbocycles. The highest BCUT2D eigenvalue weighted by atomic mass is 32.1. The lowest BCUT2D eigenvalue weighted by Gasteiger charge is -2.24. The highest BCUT2D eigenvalue weighted by Crippen LogP contribution is 2.31. The van der Waals surface area contributed by atoms with Crippen LogP contribution in [0.5, 0.6) is 5.75 Å². The van der Waals surface area contributed by atoms with Gasteiger partial charge in [-0.2, -0.15) is 0 Å². The summed E-state index contributed by atoms with van der Waals surface area (Å²) in [6.45, 7) is 7.53. The van der Waals surface area contributed by atoms with Gasteiger partial charge >= 0.3 is 11.9 Å². The summed E-state index contributed by atoms with van der Waals surface area (Å²) >= 11 is 1.25. The number of allylic oxidation sites excluding steroid dienone is 1. The number of hydrogen-bond acceptors (Lipinski definition) is 7. The number of carboxylic acids is 1. The van der Waals surface area contributed by atoms with Crippen molar-refractivity contribution in [3.05, 3.63) is 114 Å². The molecule has 0 aliphatic carbocycles. The van der Waals surface area contributed by atoms with Gasteiger partial charge < -0.3 is 19.1 Å². The van der Waals surface area contributed by atoms with Gasteiger partial charge in [-0.15, -0.1) is 0 Å². The minimum atomic E-state index is -1.00. The van der Waals surface area contributed by atoms with E-state index in [9.17, 15) is 19.5 Å². The van der Waals surface area contributed by atoms with E-state index in [0.29, 0.717) is 26.4 Å². The molecule has 0 amide bonds. The Hall–Kier alpha value is -4.70. The van der Waals surface area contributed by atoms with Crippen LogP contribution in [0.15, 0.2) is 75.7 Å². The Morgan fingerprint density at radius 2 is 1.83 bits per heavy atom. The van der Waals surface area contributed by atoms with Crippen molar-refractivity contribution in [2.24, 2.45) is 4.99 Å². The molecule has 0 saturated carbocycles. The number of aromatic nitrogens is 2. The molecule has 1 aliphatic heterocycles. The molecule has 0 saturated heterocycles. The standard InChI is InChI=1S/C31H29N3O6S/c1-6-40-30(38)26-18(3)32-31-34(27(26)20-10-12-24(39-5)13-11-20)28(35)25(41-31)16-22-14-17(2)33(19(22)4)23-9-7-8-21(15-23)29(36)37/h7-16,27H,6H2,1-5H3,(H,36,37)/b25-16-/t27-/m0/s1. The second-order valence-corrected chi connectivity index (χ2v) is 10.6. The van der Waals surface area contributed by atoms with Crippen LogP contribution >= 0.6 is 11.3 Å². The normalized spacial score (nSPS) is 15.0. The molecule has 0 fully saturated rings. The van der Waals surface area contributed by atoms with Crippen molar-refractivity contribution in [1.29, 1.82) is 0 Å².